The first-order valence-electron chi connectivity index (χ1n) is 6.03. The molecule has 0 aliphatic carbocycles. The SMILES string of the molecule is Cc1ccc(OCC(=O)O)cc1N1CCC(=O)NC1. The van der Waals surface area contributed by atoms with E-state index in [1.807, 2.05) is 17.9 Å². The topological polar surface area (TPSA) is 78.9 Å². The zero-order valence-electron chi connectivity index (χ0n) is 10.7. The van der Waals surface area contributed by atoms with Gasteiger partial charge in [0.15, 0.2) is 6.61 Å². The molecule has 1 amide bonds. The molecule has 0 atom stereocenters. The predicted octanol–water partition coefficient (Wildman–Crippen LogP) is 0.742. The van der Waals surface area contributed by atoms with Crippen molar-refractivity contribution in [1.29, 1.82) is 0 Å². The number of carbonyl (C=O) groups is 2. The summed E-state index contributed by atoms with van der Waals surface area (Å²) in [5, 5.41) is 11.4. The van der Waals surface area contributed by atoms with Gasteiger partial charge in [0.25, 0.3) is 0 Å². The van der Waals surface area contributed by atoms with E-state index in [4.69, 9.17) is 9.84 Å². The molecule has 1 aromatic rings. The highest BCUT2D eigenvalue weighted by Gasteiger charge is 2.17. The molecule has 0 bridgehead atoms. The number of hydrogen-bond donors (Lipinski definition) is 2. The number of carboxylic acids is 1. The Kier molecular flexibility index (Phi) is 3.89. The summed E-state index contributed by atoms with van der Waals surface area (Å²) in [5.41, 5.74) is 2.00. The van der Waals surface area contributed by atoms with Gasteiger partial charge in [0.05, 0.1) is 6.67 Å². The van der Waals surface area contributed by atoms with E-state index in [1.54, 1.807) is 12.1 Å². The number of aliphatic carboxylic acids is 1. The fourth-order valence-corrected chi connectivity index (χ4v) is 1.96. The van der Waals surface area contributed by atoms with Gasteiger partial charge in [-0.25, -0.2) is 4.79 Å². The summed E-state index contributed by atoms with van der Waals surface area (Å²) >= 11 is 0. The Morgan fingerprint density at radius 3 is 2.95 bits per heavy atom. The molecule has 6 heteroatoms. The minimum atomic E-state index is -1.01. The lowest BCUT2D eigenvalue weighted by Crippen LogP contribution is -2.45. The lowest BCUT2D eigenvalue weighted by atomic mass is 10.1. The summed E-state index contributed by atoms with van der Waals surface area (Å²) in [7, 11) is 0. The second kappa shape index (κ2) is 5.60. The van der Waals surface area contributed by atoms with Gasteiger partial charge in [-0.15, -0.1) is 0 Å². The van der Waals surface area contributed by atoms with Crippen LogP contribution < -0.4 is 15.0 Å². The van der Waals surface area contributed by atoms with Crippen LogP contribution in [0.5, 0.6) is 5.75 Å². The van der Waals surface area contributed by atoms with Crippen LogP contribution in [-0.2, 0) is 9.59 Å². The number of nitrogens with one attached hydrogen (secondary N) is 1. The average molecular weight is 264 g/mol. The van der Waals surface area contributed by atoms with E-state index in [1.165, 1.54) is 0 Å². The Hall–Kier alpha value is -2.24. The zero-order chi connectivity index (χ0) is 13.8. The number of ether oxygens (including phenoxy) is 1. The van der Waals surface area contributed by atoms with E-state index in [9.17, 15) is 9.59 Å². The van der Waals surface area contributed by atoms with E-state index in [2.05, 4.69) is 5.32 Å². The Morgan fingerprint density at radius 1 is 1.53 bits per heavy atom. The maximum Gasteiger partial charge on any atom is 0.341 e. The van der Waals surface area contributed by atoms with Gasteiger partial charge in [0.2, 0.25) is 5.91 Å². The Morgan fingerprint density at radius 2 is 2.32 bits per heavy atom. The fourth-order valence-electron chi connectivity index (χ4n) is 1.96. The molecular formula is C13H16N2O4. The second-order valence-electron chi connectivity index (χ2n) is 4.40. The lowest BCUT2D eigenvalue weighted by molar-refractivity contribution is -0.139. The first-order valence-corrected chi connectivity index (χ1v) is 6.03. The number of benzene rings is 1. The smallest absolute Gasteiger partial charge is 0.341 e. The summed E-state index contributed by atoms with van der Waals surface area (Å²) in [4.78, 5) is 23.7. The van der Waals surface area contributed by atoms with E-state index < -0.39 is 5.97 Å². The van der Waals surface area contributed by atoms with Gasteiger partial charge in [-0.3, -0.25) is 4.79 Å². The minimum absolute atomic E-state index is 0.0483. The quantitative estimate of drug-likeness (QED) is 0.838. The third kappa shape index (κ3) is 3.37. The first kappa shape index (κ1) is 13.2. The van der Waals surface area contributed by atoms with Crippen molar-refractivity contribution in [3.05, 3.63) is 23.8 Å². The number of nitrogens with zero attached hydrogens (tertiary/aromatic N) is 1. The Labute approximate surface area is 111 Å². The van der Waals surface area contributed by atoms with E-state index >= 15 is 0 Å². The molecular weight excluding hydrogens is 248 g/mol. The number of rotatable bonds is 4. The van der Waals surface area contributed by atoms with E-state index in [-0.39, 0.29) is 12.5 Å². The summed E-state index contributed by atoms with van der Waals surface area (Å²) in [6, 6.07) is 5.42. The maximum absolute atomic E-state index is 11.1. The van der Waals surface area contributed by atoms with Crippen LogP contribution in [0.3, 0.4) is 0 Å². The largest absolute Gasteiger partial charge is 0.482 e. The molecule has 1 aromatic carbocycles. The van der Waals surface area contributed by atoms with Crippen LogP contribution in [0.25, 0.3) is 0 Å². The molecule has 1 saturated heterocycles. The number of carbonyl (C=O) groups excluding carboxylic acids is 1. The van der Waals surface area contributed by atoms with Crippen molar-refractivity contribution < 1.29 is 19.4 Å². The molecule has 0 radical (unpaired) electrons. The molecule has 0 saturated carbocycles. The van der Waals surface area contributed by atoms with Crippen molar-refractivity contribution in [2.75, 3.05) is 24.7 Å². The first-order chi connectivity index (χ1) is 9.06. The molecule has 19 heavy (non-hydrogen) atoms. The van der Waals surface area contributed by atoms with Gasteiger partial charge in [-0.1, -0.05) is 6.07 Å². The van der Waals surface area contributed by atoms with Crippen molar-refractivity contribution in [3.8, 4) is 5.75 Å². The van der Waals surface area contributed by atoms with Crippen LogP contribution in [0.1, 0.15) is 12.0 Å². The van der Waals surface area contributed by atoms with Gasteiger partial charge >= 0.3 is 5.97 Å². The zero-order valence-corrected chi connectivity index (χ0v) is 10.7. The average Bonchev–Trinajstić information content (AvgIpc) is 2.39. The molecule has 0 unspecified atom stereocenters. The van der Waals surface area contributed by atoms with Gasteiger partial charge in [-0.2, -0.15) is 0 Å². The summed E-state index contributed by atoms with van der Waals surface area (Å²) < 4.78 is 5.16. The number of anilines is 1. The van der Waals surface area contributed by atoms with Gasteiger partial charge < -0.3 is 20.1 Å². The van der Waals surface area contributed by atoms with Gasteiger partial charge in [0.1, 0.15) is 5.75 Å². The van der Waals surface area contributed by atoms with Gasteiger partial charge in [0, 0.05) is 24.7 Å². The number of hydrogen-bond acceptors (Lipinski definition) is 4. The summed E-state index contributed by atoms with van der Waals surface area (Å²) in [6.07, 6.45) is 0.458. The molecule has 0 aromatic heterocycles. The maximum atomic E-state index is 11.1. The van der Waals surface area contributed by atoms with E-state index in [0.29, 0.717) is 25.4 Å². The summed E-state index contributed by atoms with van der Waals surface area (Å²) in [5.74, 6) is -0.445. The van der Waals surface area contributed by atoms with Crippen LogP contribution >= 0.6 is 0 Å². The van der Waals surface area contributed by atoms with Crippen LogP contribution in [0.15, 0.2) is 18.2 Å². The fraction of sp³-hybridized carbons (Fsp3) is 0.385. The molecule has 2 rings (SSSR count). The standard InChI is InChI=1S/C13H16N2O4/c1-9-2-3-10(19-7-13(17)18)6-11(9)15-5-4-12(16)14-8-15/h2-3,6H,4-5,7-8H2,1H3,(H,14,16)(H,17,18). The Bertz CT molecular complexity index is 491. The van der Waals surface area contributed by atoms with Gasteiger partial charge in [-0.05, 0) is 18.6 Å². The highest BCUT2D eigenvalue weighted by atomic mass is 16.5. The van der Waals surface area contributed by atoms with Crippen molar-refractivity contribution in [3.63, 3.8) is 0 Å². The molecule has 1 heterocycles. The summed E-state index contributed by atoms with van der Waals surface area (Å²) in [6.45, 7) is 2.71. The number of amides is 1. The van der Waals surface area contributed by atoms with Crippen LogP contribution in [-0.4, -0.2) is 36.8 Å². The monoisotopic (exact) mass is 264 g/mol. The lowest BCUT2D eigenvalue weighted by Gasteiger charge is -2.30. The number of carboxylic acid groups (broad SMARTS) is 1. The van der Waals surface area contributed by atoms with Crippen molar-refractivity contribution >= 4 is 17.6 Å². The van der Waals surface area contributed by atoms with Crippen LogP contribution in [0.2, 0.25) is 0 Å². The van der Waals surface area contributed by atoms with Crippen LogP contribution in [0.4, 0.5) is 5.69 Å². The molecule has 0 spiro atoms. The van der Waals surface area contributed by atoms with Crippen molar-refractivity contribution in [1.82, 2.24) is 5.32 Å². The highest BCUT2D eigenvalue weighted by molar-refractivity contribution is 5.78. The third-order valence-electron chi connectivity index (χ3n) is 2.96. The highest BCUT2D eigenvalue weighted by Crippen LogP contribution is 2.26. The molecule has 1 fully saturated rings. The van der Waals surface area contributed by atoms with Crippen molar-refractivity contribution in [2.45, 2.75) is 13.3 Å². The normalized spacial score (nSPS) is 15.0. The van der Waals surface area contributed by atoms with Crippen LogP contribution in [0, 0.1) is 6.92 Å². The molecule has 1 aliphatic rings. The van der Waals surface area contributed by atoms with Crippen molar-refractivity contribution in [2.24, 2.45) is 0 Å². The molecule has 6 nitrogen and oxygen atoms in total. The molecule has 2 N–H and O–H groups in total. The third-order valence-corrected chi connectivity index (χ3v) is 2.96. The minimum Gasteiger partial charge on any atom is -0.482 e. The second-order valence-corrected chi connectivity index (χ2v) is 4.40. The predicted molar refractivity (Wildman–Crippen MR) is 69.3 cm³/mol. The van der Waals surface area contributed by atoms with E-state index in [0.717, 1.165) is 11.3 Å². The number of aryl methyl sites for hydroxylation is 1. The Balaban J connectivity index is 2.12. The molecule has 102 valence electrons. The molecule has 1 aliphatic heterocycles.